The molecule has 0 bridgehead atoms. The Morgan fingerprint density at radius 3 is 1.82 bits per heavy atom. The molecular formula is C29H51NO2S. The predicted octanol–water partition coefficient (Wildman–Crippen LogP) is 8.41. The van der Waals surface area contributed by atoms with Crippen LogP contribution in [0.25, 0.3) is 0 Å². The van der Waals surface area contributed by atoms with Crippen molar-refractivity contribution >= 4 is 17.7 Å². The van der Waals surface area contributed by atoms with Gasteiger partial charge in [0.25, 0.3) is 0 Å². The number of rotatable bonds is 22. The molecule has 0 amide bonds. The Morgan fingerprint density at radius 1 is 0.818 bits per heavy atom. The van der Waals surface area contributed by atoms with Gasteiger partial charge in [-0.05, 0) is 37.3 Å². The Kier molecular flexibility index (Phi) is 19.6. The van der Waals surface area contributed by atoms with E-state index in [0.29, 0.717) is 12.1 Å². The lowest BCUT2D eigenvalue weighted by Crippen LogP contribution is -2.33. The number of carbonyl (C=O) groups is 1. The Hall–Kier alpha value is -1.00. The zero-order chi connectivity index (χ0) is 24.0. The van der Waals surface area contributed by atoms with E-state index in [-0.39, 0.29) is 18.0 Å². The first-order valence-corrected chi connectivity index (χ1v) is 14.9. The van der Waals surface area contributed by atoms with Gasteiger partial charge in [-0.1, -0.05) is 116 Å². The maximum absolute atomic E-state index is 12.4. The molecule has 4 heteroatoms. The van der Waals surface area contributed by atoms with Crippen LogP contribution in [0.15, 0.2) is 30.3 Å². The number of hydrogen-bond acceptors (Lipinski definition) is 4. The summed E-state index contributed by atoms with van der Waals surface area (Å²) in [6.45, 7) is 4.92. The lowest BCUT2D eigenvalue weighted by Gasteiger charge is -2.25. The molecule has 0 saturated carbocycles. The quantitative estimate of drug-likeness (QED) is 0.134. The van der Waals surface area contributed by atoms with Crippen LogP contribution in [0.4, 0.5) is 0 Å². The number of nitrogens with two attached hydrogens (primary N) is 1. The molecule has 1 aromatic carbocycles. The fraction of sp³-hybridized carbons (Fsp3) is 0.759. The van der Waals surface area contributed by atoms with Crippen molar-refractivity contribution in [3.05, 3.63) is 35.9 Å². The highest BCUT2D eigenvalue weighted by Crippen LogP contribution is 2.20. The van der Waals surface area contributed by atoms with Crippen molar-refractivity contribution in [3.63, 3.8) is 0 Å². The monoisotopic (exact) mass is 477 g/mol. The van der Waals surface area contributed by atoms with E-state index in [2.05, 4.69) is 13.8 Å². The molecule has 0 radical (unpaired) electrons. The van der Waals surface area contributed by atoms with Gasteiger partial charge in [-0.15, -0.1) is 0 Å². The van der Waals surface area contributed by atoms with Gasteiger partial charge in [-0.25, -0.2) is 4.79 Å². The van der Waals surface area contributed by atoms with Crippen molar-refractivity contribution in [2.75, 3.05) is 18.1 Å². The molecule has 0 aliphatic carbocycles. The third kappa shape index (κ3) is 15.5. The summed E-state index contributed by atoms with van der Waals surface area (Å²) in [4.78, 5) is 12.4. The van der Waals surface area contributed by atoms with E-state index in [9.17, 15) is 4.79 Å². The first kappa shape index (κ1) is 30.0. The standard InChI is InChI=1S/C29H51NO2S/c1-3-5-6-7-8-9-10-11-12-13-14-15-16-20-23-33-25-27(24-30)28(4-2)32-29(31)26-21-18-17-19-22-26/h17-19,21-22,27-28H,3-16,20,23-25,30H2,1-2H3. The Balaban J connectivity index is 2.01. The van der Waals surface area contributed by atoms with Gasteiger partial charge in [0.1, 0.15) is 6.10 Å². The van der Waals surface area contributed by atoms with Gasteiger partial charge in [0, 0.05) is 11.7 Å². The van der Waals surface area contributed by atoms with Crippen molar-refractivity contribution in [1.82, 2.24) is 0 Å². The first-order valence-electron chi connectivity index (χ1n) is 13.8. The van der Waals surface area contributed by atoms with Crippen LogP contribution in [-0.2, 0) is 4.74 Å². The zero-order valence-corrected chi connectivity index (χ0v) is 22.4. The second kappa shape index (κ2) is 21.5. The normalized spacial score (nSPS) is 13.1. The lowest BCUT2D eigenvalue weighted by atomic mass is 10.0. The number of carbonyl (C=O) groups excluding carboxylic acids is 1. The molecule has 2 N–H and O–H groups in total. The van der Waals surface area contributed by atoms with Gasteiger partial charge >= 0.3 is 5.97 Å². The molecule has 0 fully saturated rings. The van der Waals surface area contributed by atoms with E-state index in [4.69, 9.17) is 10.5 Å². The van der Waals surface area contributed by atoms with Gasteiger partial charge < -0.3 is 10.5 Å². The SMILES string of the molecule is CCCCCCCCCCCCCCCCSCC(CN)C(CC)OC(=O)c1ccccc1. The molecule has 3 nitrogen and oxygen atoms in total. The van der Waals surface area contributed by atoms with Crippen LogP contribution in [-0.4, -0.2) is 30.1 Å². The molecule has 33 heavy (non-hydrogen) atoms. The minimum Gasteiger partial charge on any atom is -0.458 e. The topological polar surface area (TPSA) is 52.3 Å². The fourth-order valence-corrected chi connectivity index (χ4v) is 5.48. The summed E-state index contributed by atoms with van der Waals surface area (Å²) in [5.41, 5.74) is 6.64. The largest absolute Gasteiger partial charge is 0.458 e. The van der Waals surface area contributed by atoms with Gasteiger partial charge in [0.15, 0.2) is 0 Å². The highest BCUT2D eigenvalue weighted by molar-refractivity contribution is 7.99. The van der Waals surface area contributed by atoms with Crippen LogP contribution in [0.3, 0.4) is 0 Å². The highest BCUT2D eigenvalue weighted by Gasteiger charge is 2.23. The van der Waals surface area contributed by atoms with Gasteiger partial charge in [-0.3, -0.25) is 0 Å². The van der Waals surface area contributed by atoms with Crippen LogP contribution < -0.4 is 5.73 Å². The van der Waals surface area contributed by atoms with Gasteiger partial charge in [0.2, 0.25) is 0 Å². The van der Waals surface area contributed by atoms with E-state index in [0.717, 1.165) is 12.2 Å². The maximum atomic E-state index is 12.4. The van der Waals surface area contributed by atoms with Crippen molar-refractivity contribution in [2.24, 2.45) is 11.7 Å². The molecule has 0 saturated heterocycles. The second-order valence-electron chi connectivity index (χ2n) is 9.38. The number of thioether (sulfide) groups is 1. The highest BCUT2D eigenvalue weighted by atomic mass is 32.2. The van der Waals surface area contributed by atoms with E-state index in [1.54, 1.807) is 12.1 Å². The molecule has 0 aliphatic heterocycles. The number of hydrogen-bond donors (Lipinski definition) is 1. The van der Waals surface area contributed by atoms with Crippen LogP contribution in [0.2, 0.25) is 0 Å². The predicted molar refractivity (Wildman–Crippen MR) is 146 cm³/mol. The molecule has 1 rings (SSSR count). The van der Waals surface area contributed by atoms with Crippen molar-refractivity contribution in [3.8, 4) is 0 Å². The summed E-state index contributed by atoms with van der Waals surface area (Å²) in [6, 6.07) is 9.24. The summed E-state index contributed by atoms with van der Waals surface area (Å²) >= 11 is 1.97. The number of ether oxygens (including phenoxy) is 1. The molecule has 190 valence electrons. The van der Waals surface area contributed by atoms with Crippen LogP contribution in [0.5, 0.6) is 0 Å². The summed E-state index contributed by atoms with van der Waals surface area (Å²) in [5.74, 6) is 2.13. The smallest absolute Gasteiger partial charge is 0.338 e. The molecule has 0 aromatic heterocycles. The first-order chi connectivity index (χ1) is 16.2. The van der Waals surface area contributed by atoms with E-state index < -0.39 is 0 Å². The zero-order valence-electron chi connectivity index (χ0n) is 21.6. The molecule has 0 aliphatic rings. The Bertz CT molecular complexity index is 566. The maximum Gasteiger partial charge on any atom is 0.338 e. The summed E-state index contributed by atoms with van der Waals surface area (Å²) in [6.07, 6.45) is 20.3. The molecule has 1 aromatic rings. The molecule has 0 spiro atoms. The minimum atomic E-state index is -0.238. The number of esters is 1. The third-order valence-corrected chi connectivity index (χ3v) is 7.71. The molecule has 2 atom stereocenters. The summed E-state index contributed by atoms with van der Waals surface area (Å²) < 4.78 is 5.79. The van der Waals surface area contributed by atoms with E-state index in [1.165, 1.54) is 95.6 Å². The van der Waals surface area contributed by atoms with Gasteiger partial charge in [0.05, 0.1) is 5.56 Å². The minimum absolute atomic E-state index is 0.105. The molecule has 2 unspecified atom stereocenters. The fourth-order valence-electron chi connectivity index (χ4n) is 4.25. The summed E-state index contributed by atoms with van der Waals surface area (Å²) in [5, 5.41) is 0. The van der Waals surface area contributed by atoms with Crippen LogP contribution >= 0.6 is 11.8 Å². The van der Waals surface area contributed by atoms with Crippen LogP contribution in [0.1, 0.15) is 121 Å². The average molecular weight is 478 g/mol. The number of benzene rings is 1. The Morgan fingerprint density at radius 2 is 1.33 bits per heavy atom. The van der Waals surface area contributed by atoms with Crippen molar-refractivity contribution in [1.29, 1.82) is 0 Å². The average Bonchev–Trinajstić information content (AvgIpc) is 2.85. The second-order valence-corrected chi connectivity index (χ2v) is 10.5. The Labute approximate surface area is 209 Å². The van der Waals surface area contributed by atoms with Crippen molar-refractivity contribution in [2.45, 2.75) is 116 Å². The lowest BCUT2D eigenvalue weighted by molar-refractivity contribution is 0.0168. The van der Waals surface area contributed by atoms with Gasteiger partial charge in [-0.2, -0.15) is 11.8 Å². The molecule has 0 heterocycles. The number of unbranched alkanes of at least 4 members (excludes halogenated alkanes) is 13. The summed E-state index contributed by atoms with van der Waals surface area (Å²) in [7, 11) is 0. The third-order valence-electron chi connectivity index (χ3n) is 6.47. The van der Waals surface area contributed by atoms with E-state index >= 15 is 0 Å². The van der Waals surface area contributed by atoms with E-state index in [1.807, 2.05) is 30.0 Å². The van der Waals surface area contributed by atoms with Crippen molar-refractivity contribution < 1.29 is 9.53 Å². The van der Waals surface area contributed by atoms with Crippen LogP contribution in [0, 0.1) is 5.92 Å². The molecular weight excluding hydrogens is 426 g/mol.